The maximum Gasteiger partial charge on any atom is 0.305 e. The molecule has 0 heterocycles. The zero-order valence-corrected chi connectivity index (χ0v) is 31.3. The van der Waals surface area contributed by atoms with Crippen molar-refractivity contribution in [3.8, 4) is 0 Å². The van der Waals surface area contributed by atoms with Gasteiger partial charge in [-0.05, 0) is 104 Å². The first-order valence-corrected chi connectivity index (χ1v) is 20.1. The number of allylic oxidation sites excluding steroid dienone is 8. The Morgan fingerprint density at radius 1 is 0.457 bits per heavy atom. The summed E-state index contributed by atoms with van der Waals surface area (Å²) in [6, 6.07) is 0. The van der Waals surface area contributed by atoms with Crippen LogP contribution in [-0.2, 0) is 9.53 Å². The van der Waals surface area contributed by atoms with E-state index in [2.05, 4.69) is 60.4 Å². The van der Waals surface area contributed by atoms with Crippen molar-refractivity contribution in [2.45, 2.75) is 193 Å². The molecule has 0 radical (unpaired) electrons. The standard InChI is InChI=1S/C43H79NO2/c1-4-5-6-7-8-9-10-11-12-13-14-15-16-17-18-19-20-21-22-23-24-25-26-27-28-29-30-31-32-33-34-35-36-37-38-42-46-43(45)40-39-41-44(2)3/h8-9,11-12,30-31,33-34H,4-7,10,13-29,32,35-42H2,1-3H3/b9-8+,12-11+,31-30+,34-33+. The summed E-state index contributed by atoms with van der Waals surface area (Å²) in [5.74, 6) is -0.0485. The number of carbonyl (C=O) groups is 1. The van der Waals surface area contributed by atoms with Crippen molar-refractivity contribution in [2.75, 3.05) is 27.2 Å². The largest absolute Gasteiger partial charge is 0.466 e. The number of hydrogen-bond acceptors (Lipinski definition) is 3. The maximum atomic E-state index is 11.6. The Balaban J connectivity index is 3.23. The van der Waals surface area contributed by atoms with E-state index in [0.29, 0.717) is 13.0 Å². The van der Waals surface area contributed by atoms with Gasteiger partial charge in [-0.1, -0.05) is 152 Å². The zero-order chi connectivity index (χ0) is 33.4. The highest BCUT2D eigenvalue weighted by atomic mass is 16.5. The Morgan fingerprint density at radius 3 is 1.17 bits per heavy atom. The second-order valence-corrected chi connectivity index (χ2v) is 13.7. The zero-order valence-electron chi connectivity index (χ0n) is 31.3. The lowest BCUT2D eigenvalue weighted by Crippen LogP contribution is -2.15. The minimum Gasteiger partial charge on any atom is -0.466 e. The van der Waals surface area contributed by atoms with Crippen molar-refractivity contribution in [3.63, 3.8) is 0 Å². The fourth-order valence-corrected chi connectivity index (χ4v) is 5.69. The van der Waals surface area contributed by atoms with Crippen LogP contribution in [-0.4, -0.2) is 38.1 Å². The van der Waals surface area contributed by atoms with Crippen LogP contribution in [0.15, 0.2) is 48.6 Å². The lowest BCUT2D eigenvalue weighted by atomic mass is 10.0. The van der Waals surface area contributed by atoms with Gasteiger partial charge in [0.25, 0.3) is 0 Å². The van der Waals surface area contributed by atoms with Crippen LogP contribution < -0.4 is 0 Å². The molecule has 0 atom stereocenters. The molecule has 3 heteroatoms. The molecule has 0 fully saturated rings. The number of unbranched alkanes of at least 4 members (excludes halogenated alkanes) is 22. The summed E-state index contributed by atoms with van der Waals surface area (Å²) >= 11 is 0. The molecule has 0 bridgehead atoms. The average molecular weight is 642 g/mol. The Labute approximate surface area is 288 Å². The number of ether oxygens (including phenoxy) is 1. The Hall–Kier alpha value is -1.61. The van der Waals surface area contributed by atoms with E-state index in [9.17, 15) is 4.79 Å². The molecule has 0 aliphatic carbocycles. The normalized spacial score (nSPS) is 12.3. The summed E-state index contributed by atoms with van der Waals surface area (Å²) in [6.07, 6.45) is 55.8. The van der Waals surface area contributed by atoms with Crippen molar-refractivity contribution in [2.24, 2.45) is 0 Å². The van der Waals surface area contributed by atoms with Gasteiger partial charge in [0.1, 0.15) is 0 Å². The van der Waals surface area contributed by atoms with E-state index in [1.165, 1.54) is 141 Å². The Morgan fingerprint density at radius 2 is 0.804 bits per heavy atom. The van der Waals surface area contributed by atoms with Gasteiger partial charge in [-0.25, -0.2) is 0 Å². The summed E-state index contributed by atoms with van der Waals surface area (Å²) in [4.78, 5) is 13.7. The highest BCUT2D eigenvalue weighted by Gasteiger charge is 2.02. The van der Waals surface area contributed by atoms with Crippen molar-refractivity contribution in [3.05, 3.63) is 48.6 Å². The molecule has 3 nitrogen and oxygen atoms in total. The minimum atomic E-state index is -0.0485. The van der Waals surface area contributed by atoms with Gasteiger partial charge in [-0.15, -0.1) is 0 Å². The molecular weight excluding hydrogens is 562 g/mol. The van der Waals surface area contributed by atoms with E-state index in [4.69, 9.17) is 4.74 Å². The molecule has 0 N–H and O–H groups in total. The molecule has 0 saturated carbocycles. The third kappa shape index (κ3) is 40.4. The molecule has 0 rings (SSSR count). The highest BCUT2D eigenvalue weighted by Crippen LogP contribution is 2.14. The van der Waals surface area contributed by atoms with Crippen molar-refractivity contribution in [1.29, 1.82) is 0 Å². The predicted octanol–water partition coefficient (Wildman–Crippen LogP) is 13.6. The van der Waals surface area contributed by atoms with Crippen LogP contribution in [0, 0.1) is 0 Å². The first kappa shape index (κ1) is 44.4. The second-order valence-electron chi connectivity index (χ2n) is 13.7. The molecule has 0 aromatic heterocycles. The third-order valence-corrected chi connectivity index (χ3v) is 8.69. The number of nitrogens with zero attached hydrogens (tertiary/aromatic N) is 1. The molecule has 268 valence electrons. The minimum absolute atomic E-state index is 0.0485. The fourth-order valence-electron chi connectivity index (χ4n) is 5.69. The first-order chi connectivity index (χ1) is 22.7. The van der Waals surface area contributed by atoms with Crippen LogP contribution >= 0.6 is 0 Å². The van der Waals surface area contributed by atoms with Crippen LogP contribution in [0.3, 0.4) is 0 Å². The summed E-state index contributed by atoms with van der Waals surface area (Å²) < 4.78 is 5.31. The van der Waals surface area contributed by atoms with Gasteiger partial charge in [0.15, 0.2) is 0 Å². The Kier molecular flexibility index (Phi) is 38.2. The van der Waals surface area contributed by atoms with E-state index >= 15 is 0 Å². The number of rotatable bonds is 36. The third-order valence-electron chi connectivity index (χ3n) is 8.69. The van der Waals surface area contributed by atoms with Gasteiger partial charge in [0.05, 0.1) is 6.61 Å². The topological polar surface area (TPSA) is 29.5 Å². The molecule has 0 amide bonds. The summed E-state index contributed by atoms with van der Waals surface area (Å²) in [5.41, 5.74) is 0. The number of carbonyl (C=O) groups excluding carboxylic acids is 1. The van der Waals surface area contributed by atoms with Gasteiger partial charge in [-0.2, -0.15) is 0 Å². The second kappa shape index (κ2) is 39.6. The smallest absolute Gasteiger partial charge is 0.305 e. The maximum absolute atomic E-state index is 11.6. The van der Waals surface area contributed by atoms with Crippen LogP contribution in [0.5, 0.6) is 0 Å². The molecule has 0 unspecified atom stereocenters. The van der Waals surface area contributed by atoms with E-state index < -0.39 is 0 Å². The van der Waals surface area contributed by atoms with Crippen LogP contribution in [0.4, 0.5) is 0 Å². The van der Waals surface area contributed by atoms with Gasteiger partial charge in [0, 0.05) is 6.42 Å². The van der Waals surface area contributed by atoms with Crippen molar-refractivity contribution < 1.29 is 9.53 Å². The monoisotopic (exact) mass is 642 g/mol. The average Bonchev–Trinajstić information content (AvgIpc) is 3.04. The molecule has 0 aliphatic rings. The van der Waals surface area contributed by atoms with Crippen LogP contribution in [0.25, 0.3) is 0 Å². The molecule has 46 heavy (non-hydrogen) atoms. The fraction of sp³-hybridized carbons (Fsp3) is 0.791. The van der Waals surface area contributed by atoms with Crippen molar-refractivity contribution >= 4 is 5.97 Å². The summed E-state index contributed by atoms with van der Waals surface area (Å²) in [7, 11) is 4.06. The molecule has 0 aliphatic heterocycles. The molecular formula is C43H79NO2. The van der Waals surface area contributed by atoms with Crippen molar-refractivity contribution in [1.82, 2.24) is 4.90 Å². The van der Waals surface area contributed by atoms with E-state index in [1.807, 2.05) is 14.1 Å². The summed E-state index contributed by atoms with van der Waals surface area (Å²) in [5, 5.41) is 0. The SMILES string of the molecule is CCCCC/C=C/C/C=C/CCCCCCCCCCCCCCCCC/C=C/C/C=C/CCCCCOC(=O)CCCN(C)C. The summed E-state index contributed by atoms with van der Waals surface area (Å²) in [6.45, 7) is 3.78. The molecule has 0 spiro atoms. The highest BCUT2D eigenvalue weighted by molar-refractivity contribution is 5.69. The van der Waals surface area contributed by atoms with Crippen LogP contribution in [0.2, 0.25) is 0 Å². The molecule has 0 saturated heterocycles. The van der Waals surface area contributed by atoms with E-state index in [1.54, 1.807) is 0 Å². The van der Waals surface area contributed by atoms with Crippen LogP contribution in [0.1, 0.15) is 193 Å². The number of hydrogen-bond donors (Lipinski definition) is 0. The van der Waals surface area contributed by atoms with Gasteiger partial charge in [0.2, 0.25) is 0 Å². The first-order valence-electron chi connectivity index (χ1n) is 20.1. The quantitative estimate of drug-likeness (QED) is 0.0387. The predicted molar refractivity (Wildman–Crippen MR) is 206 cm³/mol. The molecule has 0 aromatic rings. The van der Waals surface area contributed by atoms with E-state index in [-0.39, 0.29) is 5.97 Å². The Bertz CT molecular complexity index is 720. The number of esters is 1. The van der Waals surface area contributed by atoms with E-state index in [0.717, 1.165) is 45.1 Å². The lowest BCUT2D eigenvalue weighted by Gasteiger charge is -2.08. The van der Waals surface area contributed by atoms with Gasteiger partial charge in [-0.3, -0.25) is 4.79 Å². The van der Waals surface area contributed by atoms with Gasteiger partial charge < -0.3 is 9.64 Å². The molecule has 0 aromatic carbocycles. The lowest BCUT2D eigenvalue weighted by molar-refractivity contribution is -0.143. The van der Waals surface area contributed by atoms with Gasteiger partial charge >= 0.3 is 5.97 Å².